The summed E-state index contributed by atoms with van der Waals surface area (Å²) in [6.45, 7) is 3.67. The van der Waals surface area contributed by atoms with E-state index in [1.54, 1.807) is 36.1 Å². The average Bonchev–Trinajstić information content (AvgIpc) is 3.60. The van der Waals surface area contributed by atoms with Crippen LogP contribution in [0.3, 0.4) is 0 Å². The molecular formula is C35H41N5O6S. The molecule has 2 heterocycles. The molecule has 4 N–H and O–H groups in total. The van der Waals surface area contributed by atoms with E-state index in [0.29, 0.717) is 18.5 Å². The first-order valence-electron chi connectivity index (χ1n) is 15.5. The molecule has 0 spiro atoms. The SMILES string of the molecule is CC(C)C(NC(=O)OCc1ccccn1)C(=O)N[C@@H](Cc1ccccc1)C[C@H](O)[C@H](Cc1ccccc1)NC(=O)OCc1cncs1. The Labute approximate surface area is 278 Å². The molecule has 0 saturated heterocycles. The van der Waals surface area contributed by atoms with E-state index in [2.05, 4.69) is 25.9 Å². The van der Waals surface area contributed by atoms with E-state index in [4.69, 9.17) is 9.47 Å². The zero-order valence-corrected chi connectivity index (χ0v) is 27.3. The highest BCUT2D eigenvalue weighted by Gasteiger charge is 2.30. The fraction of sp³-hybridized carbons (Fsp3) is 0.343. The second kappa shape index (κ2) is 18.4. The van der Waals surface area contributed by atoms with Gasteiger partial charge >= 0.3 is 12.2 Å². The Morgan fingerprint density at radius 2 is 1.45 bits per heavy atom. The van der Waals surface area contributed by atoms with Crippen LogP contribution in [0.4, 0.5) is 9.59 Å². The lowest BCUT2D eigenvalue weighted by atomic mass is 9.93. The first kappa shape index (κ1) is 35.1. The maximum Gasteiger partial charge on any atom is 0.408 e. The number of ether oxygens (including phenoxy) is 2. The molecule has 248 valence electrons. The summed E-state index contributed by atoms with van der Waals surface area (Å²) in [4.78, 5) is 48.0. The highest BCUT2D eigenvalue weighted by molar-refractivity contribution is 7.09. The standard InChI is InChI=1S/C35H41N5O6S/c1-24(2)32(40-35(44)45-21-27-15-9-10-16-37-27)33(42)38-28(17-25-11-5-3-6-12-25)19-31(41)30(18-26-13-7-4-8-14-26)39-34(43)46-22-29-20-36-23-47-29/h3-16,20,23-24,28,30-32,41H,17-19,21-22H2,1-2H3,(H,38,42)(H,39,43)(H,40,44)/t28-,30-,31-,32?/m0/s1. The number of carbonyl (C=O) groups is 3. The van der Waals surface area contributed by atoms with Gasteiger partial charge in [0, 0.05) is 18.4 Å². The van der Waals surface area contributed by atoms with Crippen molar-refractivity contribution in [3.05, 3.63) is 118 Å². The van der Waals surface area contributed by atoms with E-state index >= 15 is 0 Å². The summed E-state index contributed by atoms with van der Waals surface area (Å²) in [6.07, 6.45) is 1.62. The molecule has 47 heavy (non-hydrogen) atoms. The minimum atomic E-state index is -1.06. The van der Waals surface area contributed by atoms with Crippen molar-refractivity contribution in [2.75, 3.05) is 0 Å². The Morgan fingerprint density at radius 3 is 2.06 bits per heavy atom. The van der Waals surface area contributed by atoms with Crippen LogP contribution in [0.2, 0.25) is 0 Å². The van der Waals surface area contributed by atoms with Crippen LogP contribution in [0, 0.1) is 5.92 Å². The number of carbonyl (C=O) groups excluding carboxylic acids is 3. The van der Waals surface area contributed by atoms with Gasteiger partial charge in [0.1, 0.15) is 19.3 Å². The smallest absolute Gasteiger partial charge is 0.408 e. The van der Waals surface area contributed by atoms with E-state index in [0.717, 1.165) is 16.0 Å². The van der Waals surface area contributed by atoms with Crippen molar-refractivity contribution in [3.63, 3.8) is 0 Å². The van der Waals surface area contributed by atoms with Crippen LogP contribution in [0.5, 0.6) is 0 Å². The van der Waals surface area contributed by atoms with Crippen LogP contribution >= 0.6 is 11.3 Å². The van der Waals surface area contributed by atoms with Gasteiger partial charge in [-0.1, -0.05) is 80.6 Å². The lowest BCUT2D eigenvalue weighted by Crippen LogP contribution is -2.54. The van der Waals surface area contributed by atoms with Gasteiger partial charge in [-0.15, -0.1) is 11.3 Å². The normalized spacial score (nSPS) is 13.5. The number of hydrogen-bond acceptors (Lipinski definition) is 9. The molecule has 2 aromatic carbocycles. The Kier molecular flexibility index (Phi) is 13.7. The number of amides is 3. The lowest BCUT2D eigenvalue weighted by molar-refractivity contribution is -0.125. The monoisotopic (exact) mass is 659 g/mol. The molecule has 2 aromatic heterocycles. The van der Waals surface area contributed by atoms with E-state index in [-0.39, 0.29) is 25.6 Å². The number of benzene rings is 2. The van der Waals surface area contributed by atoms with Crippen molar-refractivity contribution >= 4 is 29.4 Å². The van der Waals surface area contributed by atoms with Gasteiger partial charge in [-0.05, 0) is 48.4 Å². The largest absolute Gasteiger partial charge is 0.444 e. The molecule has 0 aliphatic rings. The third kappa shape index (κ3) is 12.1. The molecule has 1 unspecified atom stereocenters. The Bertz CT molecular complexity index is 1510. The molecular weight excluding hydrogens is 618 g/mol. The van der Waals surface area contributed by atoms with Crippen molar-refractivity contribution in [3.8, 4) is 0 Å². The minimum Gasteiger partial charge on any atom is -0.444 e. The number of aliphatic hydroxyl groups excluding tert-OH is 1. The summed E-state index contributed by atoms with van der Waals surface area (Å²) in [5.41, 5.74) is 4.10. The topological polar surface area (TPSA) is 152 Å². The van der Waals surface area contributed by atoms with Crippen molar-refractivity contribution in [1.29, 1.82) is 0 Å². The average molecular weight is 660 g/mol. The molecule has 0 aliphatic carbocycles. The quantitative estimate of drug-likeness (QED) is 0.134. The molecule has 11 nitrogen and oxygen atoms in total. The zero-order chi connectivity index (χ0) is 33.4. The predicted molar refractivity (Wildman–Crippen MR) is 178 cm³/mol. The number of thiazole rings is 1. The third-order valence-corrected chi connectivity index (χ3v) is 8.15. The van der Waals surface area contributed by atoms with E-state index in [1.807, 2.05) is 74.5 Å². The van der Waals surface area contributed by atoms with Crippen LogP contribution in [0.1, 0.15) is 42.0 Å². The summed E-state index contributed by atoms with van der Waals surface area (Å²) in [7, 11) is 0. The highest BCUT2D eigenvalue weighted by Crippen LogP contribution is 2.16. The number of pyridine rings is 1. The van der Waals surface area contributed by atoms with Crippen LogP contribution in [0.25, 0.3) is 0 Å². The first-order chi connectivity index (χ1) is 22.8. The number of nitrogens with one attached hydrogen (secondary N) is 3. The number of rotatable bonds is 16. The van der Waals surface area contributed by atoms with Gasteiger partial charge in [0.25, 0.3) is 0 Å². The summed E-state index contributed by atoms with van der Waals surface area (Å²) >= 11 is 1.37. The number of nitrogens with zero attached hydrogens (tertiary/aromatic N) is 2. The van der Waals surface area contributed by atoms with Gasteiger partial charge in [0.05, 0.1) is 28.2 Å². The first-order valence-corrected chi connectivity index (χ1v) is 16.3. The van der Waals surface area contributed by atoms with Crippen molar-refractivity contribution in [2.45, 2.75) is 70.6 Å². The van der Waals surface area contributed by atoms with E-state index in [9.17, 15) is 19.5 Å². The molecule has 0 saturated carbocycles. The Balaban J connectivity index is 1.45. The Morgan fingerprint density at radius 1 is 0.809 bits per heavy atom. The second-order valence-electron chi connectivity index (χ2n) is 11.4. The summed E-state index contributed by atoms with van der Waals surface area (Å²) in [5, 5.41) is 20.1. The second-order valence-corrected chi connectivity index (χ2v) is 12.4. The maximum atomic E-state index is 13.6. The van der Waals surface area contributed by atoms with Gasteiger partial charge in [-0.3, -0.25) is 14.8 Å². The summed E-state index contributed by atoms with van der Waals surface area (Å²) in [6, 6.07) is 22.2. The van der Waals surface area contributed by atoms with Crippen molar-refractivity contribution < 1.29 is 29.0 Å². The van der Waals surface area contributed by atoms with Crippen molar-refractivity contribution in [1.82, 2.24) is 25.9 Å². The summed E-state index contributed by atoms with van der Waals surface area (Å²) in [5.74, 6) is -0.681. The molecule has 0 bridgehead atoms. The molecule has 12 heteroatoms. The van der Waals surface area contributed by atoms with Gasteiger partial charge in [-0.25, -0.2) is 9.59 Å². The fourth-order valence-electron chi connectivity index (χ4n) is 4.96. The fourth-order valence-corrected chi connectivity index (χ4v) is 5.47. The van der Waals surface area contributed by atoms with Gasteiger partial charge < -0.3 is 30.5 Å². The van der Waals surface area contributed by atoms with E-state index < -0.39 is 42.3 Å². The minimum absolute atomic E-state index is 0.0373. The number of aliphatic hydroxyl groups is 1. The molecule has 4 atom stereocenters. The predicted octanol–water partition coefficient (Wildman–Crippen LogP) is 4.81. The molecule has 0 aliphatic heterocycles. The highest BCUT2D eigenvalue weighted by atomic mass is 32.1. The summed E-state index contributed by atoms with van der Waals surface area (Å²) < 4.78 is 10.7. The van der Waals surface area contributed by atoms with Gasteiger partial charge in [-0.2, -0.15) is 0 Å². The Hall–Kier alpha value is -4.81. The molecule has 0 fully saturated rings. The molecule has 4 aromatic rings. The zero-order valence-electron chi connectivity index (χ0n) is 26.5. The molecule has 3 amide bonds. The van der Waals surface area contributed by atoms with Gasteiger partial charge in [0.15, 0.2) is 0 Å². The van der Waals surface area contributed by atoms with Crippen LogP contribution in [0.15, 0.2) is 96.8 Å². The van der Waals surface area contributed by atoms with Crippen LogP contribution in [-0.4, -0.2) is 57.4 Å². The van der Waals surface area contributed by atoms with Gasteiger partial charge in [0.2, 0.25) is 5.91 Å². The van der Waals surface area contributed by atoms with Crippen LogP contribution in [-0.2, 0) is 40.3 Å². The maximum absolute atomic E-state index is 13.6. The number of hydrogen-bond donors (Lipinski definition) is 4. The molecule has 0 radical (unpaired) electrons. The third-order valence-electron chi connectivity index (χ3n) is 7.39. The van der Waals surface area contributed by atoms with E-state index in [1.165, 1.54) is 11.3 Å². The number of aromatic nitrogens is 2. The molecule has 4 rings (SSSR count). The van der Waals surface area contributed by atoms with Crippen LogP contribution < -0.4 is 16.0 Å². The number of alkyl carbamates (subject to hydrolysis) is 2. The van der Waals surface area contributed by atoms with Crippen molar-refractivity contribution in [2.24, 2.45) is 5.92 Å². The lowest BCUT2D eigenvalue weighted by Gasteiger charge is -2.30.